The third kappa shape index (κ3) is 8.66. The highest BCUT2D eigenvalue weighted by Crippen LogP contribution is 2.37. The van der Waals surface area contributed by atoms with Crippen molar-refractivity contribution in [1.29, 1.82) is 0 Å². The molecular formula is C26H24BrCl2N3O5. The molecule has 0 radical (unpaired) electrons. The van der Waals surface area contributed by atoms with Crippen LogP contribution in [-0.2, 0) is 16.2 Å². The van der Waals surface area contributed by atoms with Crippen LogP contribution in [0.5, 0.6) is 17.2 Å². The molecule has 3 rings (SSSR count). The summed E-state index contributed by atoms with van der Waals surface area (Å²) in [6, 6.07) is 15.4. The van der Waals surface area contributed by atoms with Crippen molar-refractivity contribution in [2.75, 3.05) is 19.0 Å². The average molecular weight is 609 g/mol. The zero-order valence-electron chi connectivity index (χ0n) is 20.0. The molecule has 0 spiro atoms. The number of hydrogen-bond acceptors (Lipinski definition) is 6. The molecule has 0 saturated carbocycles. The van der Waals surface area contributed by atoms with E-state index in [9.17, 15) is 9.59 Å². The molecule has 3 aromatic carbocycles. The van der Waals surface area contributed by atoms with E-state index in [2.05, 4.69) is 31.8 Å². The van der Waals surface area contributed by atoms with Crippen LogP contribution in [0.4, 0.5) is 5.69 Å². The number of halogens is 3. The highest BCUT2D eigenvalue weighted by Gasteiger charge is 2.14. The lowest BCUT2D eigenvalue weighted by molar-refractivity contribution is -0.126. The minimum Gasteiger partial charge on any atom is -0.497 e. The van der Waals surface area contributed by atoms with Crippen LogP contribution in [0, 0.1) is 0 Å². The van der Waals surface area contributed by atoms with Crippen molar-refractivity contribution in [3.63, 3.8) is 0 Å². The second-order valence-corrected chi connectivity index (χ2v) is 9.23. The van der Waals surface area contributed by atoms with Crippen LogP contribution < -0.4 is 25.0 Å². The van der Waals surface area contributed by atoms with E-state index < -0.39 is 18.2 Å². The number of benzene rings is 3. The number of hydrazone groups is 1. The van der Waals surface area contributed by atoms with Gasteiger partial charge >= 0.3 is 0 Å². The lowest BCUT2D eigenvalue weighted by Gasteiger charge is -2.15. The van der Waals surface area contributed by atoms with E-state index in [1.54, 1.807) is 61.7 Å². The highest BCUT2D eigenvalue weighted by atomic mass is 79.9. The van der Waals surface area contributed by atoms with Crippen molar-refractivity contribution < 1.29 is 23.8 Å². The van der Waals surface area contributed by atoms with Crippen LogP contribution in [0.1, 0.15) is 24.5 Å². The fourth-order valence-electron chi connectivity index (χ4n) is 3.10. The quantitative estimate of drug-likeness (QED) is 0.153. The van der Waals surface area contributed by atoms with Gasteiger partial charge in [0, 0.05) is 21.3 Å². The molecule has 0 unspecified atom stereocenters. The van der Waals surface area contributed by atoms with Crippen molar-refractivity contribution in [3.05, 3.63) is 80.2 Å². The second-order valence-electron chi connectivity index (χ2n) is 7.53. The minimum atomic E-state index is -0.564. The predicted octanol–water partition coefficient (Wildman–Crippen LogP) is 6.22. The maximum Gasteiger partial charge on any atom is 0.249 e. The number of methoxy groups -OCH3 is 1. The summed E-state index contributed by atoms with van der Waals surface area (Å²) >= 11 is 15.7. The van der Waals surface area contributed by atoms with E-state index >= 15 is 0 Å². The molecule has 0 fully saturated rings. The Morgan fingerprint density at radius 3 is 2.46 bits per heavy atom. The number of carbonyl (C=O) groups excluding carboxylic acids is 2. The molecule has 0 saturated heterocycles. The van der Waals surface area contributed by atoms with Crippen LogP contribution >= 0.6 is 39.1 Å². The number of carbonyl (C=O) groups is 2. The number of rotatable bonds is 11. The number of amides is 2. The van der Waals surface area contributed by atoms with E-state index in [-0.39, 0.29) is 6.61 Å². The normalized spacial score (nSPS) is 10.7. The Morgan fingerprint density at radius 1 is 1.03 bits per heavy atom. The third-order valence-corrected chi connectivity index (χ3v) is 5.99. The first-order chi connectivity index (χ1) is 17.8. The summed E-state index contributed by atoms with van der Waals surface area (Å²) in [5.74, 6) is 0.598. The zero-order chi connectivity index (χ0) is 26.8. The molecule has 0 heterocycles. The Balaban J connectivity index is 1.59. The first kappa shape index (κ1) is 28.3. The average Bonchev–Trinajstić information content (AvgIpc) is 2.85. The molecular weight excluding hydrogens is 585 g/mol. The van der Waals surface area contributed by atoms with E-state index in [0.717, 1.165) is 5.56 Å². The molecule has 0 aliphatic rings. The fraction of sp³-hybridized carbons (Fsp3) is 0.192. The van der Waals surface area contributed by atoms with Crippen molar-refractivity contribution >= 4 is 62.8 Å². The number of nitrogens with one attached hydrogen (secondary N) is 2. The van der Waals surface area contributed by atoms with Crippen LogP contribution in [-0.4, -0.2) is 31.7 Å². The zero-order valence-corrected chi connectivity index (χ0v) is 23.1. The van der Waals surface area contributed by atoms with E-state index in [1.165, 1.54) is 6.21 Å². The fourth-order valence-corrected chi connectivity index (χ4v) is 4.14. The lowest BCUT2D eigenvalue weighted by atomic mass is 10.2. The Hall–Kier alpha value is -3.27. The summed E-state index contributed by atoms with van der Waals surface area (Å²) in [5, 5.41) is 7.62. The van der Waals surface area contributed by atoms with Gasteiger partial charge in [0.1, 0.15) is 18.8 Å². The van der Waals surface area contributed by atoms with Crippen molar-refractivity contribution in [2.24, 2.45) is 5.10 Å². The maximum absolute atomic E-state index is 12.1. The van der Waals surface area contributed by atoms with Gasteiger partial charge in [-0.05, 0) is 76.9 Å². The van der Waals surface area contributed by atoms with E-state index in [4.69, 9.17) is 37.4 Å². The number of hydrogen-bond donors (Lipinski definition) is 2. The van der Waals surface area contributed by atoms with Gasteiger partial charge in [0.25, 0.3) is 0 Å². The van der Waals surface area contributed by atoms with Gasteiger partial charge in [-0.2, -0.15) is 5.10 Å². The topological polar surface area (TPSA) is 98.2 Å². The molecule has 0 bridgehead atoms. The molecule has 0 atom stereocenters. The number of nitrogens with zero attached hydrogens (tertiary/aromatic N) is 1. The second kappa shape index (κ2) is 13.9. The first-order valence-corrected chi connectivity index (χ1v) is 12.6. The van der Waals surface area contributed by atoms with E-state index in [1.807, 2.05) is 6.92 Å². The minimum absolute atomic E-state index is 0.205. The van der Waals surface area contributed by atoms with Gasteiger partial charge in [0.05, 0.1) is 24.4 Å². The van der Waals surface area contributed by atoms with Crippen molar-refractivity contribution in [2.45, 2.75) is 20.0 Å². The molecule has 194 valence electrons. The molecule has 0 aliphatic carbocycles. The monoisotopic (exact) mass is 607 g/mol. The number of ether oxygens (including phenoxy) is 3. The predicted molar refractivity (Wildman–Crippen MR) is 148 cm³/mol. The molecule has 0 aromatic heterocycles. The van der Waals surface area contributed by atoms with Gasteiger partial charge in [0.15, 0.2) is 11.5 Å². The lowest BCUT2D eigenvalue weighted by Crippen LogP contribution is -2.24. The molecule has 2 N–H and O–H groups in total. The Kier molecular flexibility index (Phi) is 10.6. The number of anilines is 1. The van der Waals surface area contributed by atoms with E-state index in [0.29, 0.717) is 49.6 Å². The van der Waals surface area contributed by atoms with Gasteiger partial charge < -0.3 is 19.5 Å². The van der Waals surface area contributed by atoms with Gasteiger partial charge in [-0.15, -0.1) is 0 Å². The summed E-state index contributed by atoms with van der Waals surface area (Å²) in [4.78, 5) is 24.2. The smallest absolute Gasteiger partial charge is 0.249 e. The Morgan fingerprint density at radius 2 is 1.78 bits per heavy atom. The van der Waals surface area contributed by atoms with Gasteiger partial charge in [-0.25, -0.2) is 5.43 Å². The van der Waals surface area contributed by atoms with Gasteiger partial charge in [-0.1, -0.05) is 29.3 Å². The molecule has 37 heavy (non-hydrogen) atoms. The molecule has 11 heteroatoms. The van der Waals surface area contributed by atoms with Crippen molar-refractivity contribution in [1.82, 2.24) is 5.43 Å². The van der Waals surface area contributed by atoms with Crippen LogP contribution in [0.3, 0.4) is 0 Å². The van der Waals surface area contributed by atoms with Crippen LogP contribution in [0.15, 0.2) is 64.2 Å². The molecule has 3 aromatic rings. The first-order valence-electron chi connectivity index (χ1n) is 11.1. The summed E-state index contributed by atoms with van der Waals surface area (Å²) < 4.78 is 17.4. The summed E-state index contributed by atoms with van der Waals surface area (Å²) in [6.45, 7) is 2.47. The standard InChI is InChI=1S/C26H24BrCl2N3O5/c1-3-36-23-11-16(10-21(27)26(23)37-15-17-4-5-18(28)12-22(17)29)14-30-32-25(34)13-24(33)31-19-6-8-20(35-2)9-7-19/h4-12,14H,3,13,15H2,1-2H3,(H,31,33)(H,32,34). The third-order valence-electron chi connectivity index (χ3n) is 4.82. The van der Waals surface area contributed by atoms with Crippen molar-refractivity contribution in [3.8, 4) is 17.2 Å². The molecule has 2 amide bonds. The SMILES string of the molecule is CCOc1cc(C=NNC(=O)CC(=O)Nc2ccc(OC)cc2)cc(Br)c1OCc1ccc(Cl)cc1Cl. The Labute approximate surface area is 233 Å². The molecule has 8 nitrogen and oxygen atoms in total. The summed E-state index contributed by atoms with van der Waals surface area (Å²) in [7, 11) is 1.55. The van der Waals surface area contributed by atoms with Crippen LogP contribution in [0.2, 0.25) is 10.0 Å². The largest absolute Gasteiger partial charge is 0.497 e. The summed E-state index contributed by atoms with van der Waals surface area (Å²) in [6.07, 6.45) is 1.05. The van der Waals surface area contributed by atoms with Gasteiger partial charge in [-0.3, -0.25) is 9.59 Å². The van der Waals surface area contributed by atoms with Gasteiger partial charge in [0.2, 0.25) is 11.8 Å². The molecule has 0 aliphatic heterocycles. The maximum atomic E-state index is 12.1. The summed E-state index contributed by atoms with van der Waals surface area (Å²) in [5.41, 5.74) is 4.30. The Bertz CT molecular complexity index is 1290. The highest BCUT2D eigenvalue weighted by molar-refractivity contribution is 9.10. The van der Waals surface area contributed by atoms with Crippen LogP contribution in [0.25, 0.3) is 0 Å².